The van der Waals surface area contributed by atoms with Gasteiger partial charge in [-0.25, -0.2) is 0 Å². The maximum absolute atomic E-state index is 11.9. The highest BCUT2D eigenvalue weighted by atomic mass is 16.5. The van der Waals surface area contributed by atoms with E-state index >= 15 is 0 Å². The highest BCUT2D eigenvalue weighted by molar-refractivity contribution is 5.76. The summed E-state index contributed by atoms with van der Waals surface area (Å²) >= 11 is 0. The molecule has 0 saturated carbocycles. The fourth-order valence-corrected chi connectivity index (χ4v) is 1.76. The summed E-state index contributed by atoms with van der Waals surface area (Å²) < 4.78 is 5.02. The first kappa shape index (κ1) is 14.5. The van der Waals surface area contributed by atoms with Gasteiger partial charge >= 0.3 is 0 Å². The Morgan fingerprint density at radius 2 is 2.00 bits per heavy atom. The molecule has 1 aromatic rings. The molecular formula is C14H21NO3. The largest absolute Gasteiger partial charge is 0.508 e. The van der Waals surface area contributed by atoms with E-state index in [1.807, 2.05) is 19.1 Å². The summed E-state index contributed by atoms with van der Waals surface area (Å²) in [6, 6.07) is 6.89. The number of phenolic OH excluding ortho intramolecular Hbond substituents is 1. The van der Waals surface area contributed by atoms with Crippen LogP contribution < -0.4 is 0 Å². The third-order valence-corrected chi connectivity index (χ3v) is 2.76. The Morgan fingerprint density at radius 1 is 1.39 bits per heavy atom. The Bertz CT molecular complexity index is 375. The van der Waals surface area contributed by atoms with Crippen molar-refractivity contribution in [3.05, 3.63) is 29.8 Å². The first-order valence-corrected chi connectivity index (χ1v) is 6.03. The summed E-state index contributed by atoms with van der Waals surface area (Å²) in [5, 5.41) is 9.18. The quantitative estimate of drug-likeness (QED) is 0.841. The number of hydrogen-bond acceptors (Lipinski definition) is 3. The zero-order valence-corrected chi connectivity index (χ0v) is 11.2. The van der Waals surface area contributed by atoms with Crippen molar-refractivity contribution in [2.45, 2.75) is 19.9 Å². The lowest BCUT2D eigenvalue weighted by Crippen LogP contribution is -2.28. The monoisotopic (exact) mass is 251 g/mol. The van der Waals surface area contributed by atoms with Gasteiger partial charge in [0.1, 0.15) is 5.75 Å². The number of aromatic hydroxyl groups is 1. The Morgan fingerprint density at radius 3 is 2.56 bits per heavy atom. The SMILES string of the molecule is COCC(C)CC(=O)N(C)Cc1ccc(O)cc1. The van der Waals surface area contributed by atoms with E-state index in [1.54, 1.807) is 31.2 Å². The summed E-state index contributed by atoms with van der Waals surface area (Å²) in [6.07, 6.45) is 0.489. The standard InChI is InChI=1S/C14H21NO3/c1-11(10-18-3)8-14(17)15(2)9-12-4-6-13(16)7-5-12/h4-7,11,16H,8-10H2,1-3H3. The van der Waals surface area contributed by atoms with E-state index in [0.717, 1.165) is 5.56 Å². The second kappa shape index (κ2) is 7.01. The molecule has 0 heterocycles. The number of amides is 1. The number of methoxy groups -OCH3 is 1. The molecule has 1 N–H and O–H groups in total. The number of hydrogen-bond donors (Lipinski definition) is 1. The van der Waals surface area contributed by atoms with Crippen LogP contribution in [0.25, 0.3) is 0 Å². The van der Waals surface area contributed by atoms with Crippen LogP contribution in [0.4, 0.5) is 0 Å². The zero-order valence-electron chi connectivity index (χ0n) is 11.2. The summed E-state index contributed by atoms with van der Waals surface area (Å²) in [6.45, 7) is 3.15. The molecular weight excluding hydrogens is 230 g/mol. The van der Waals surface area contributed by atoms with Crippen molar-refractivity contribution in [2.24, 2.45) is 5.92 Å². The van der Waals surface area contributed by atoms with Crippen LogP contribution in [0.15, 0.2) is 24.3 Å². The van der Waals surface area contributed by atoms with Gasteiger partial charge in [0.25, 0.3) is 0 Å². The molecule has 0 aliphatic heterocycles. The minimum absolute atomic E-state index is 0.104. The average Bonchev–Trinajstić information content (AvgIpc) is 2.32. The lowest BCUT2D eigenvalue weighted by atomic mass is 10.1. The van der Waals surface area contributed by atoms with E-state index in [2.05, 4.69) is 0 Å². The zero-order chi connectivity index (χ0) is 13.5. The van der Waals surface area contributed by atoms with E-state index in [0.29, 0.717) is 19.6 Å². The van der Waals surface area contributed by atoms with Gasteiger partial charge < -0.3 is 14.7 Å². The van der Waals surface area contributed by atoms with Gasteiger partial charge in [0.05, 0.1) is 0 Å². The predicted molar refractivity (Wildman–Crippen MR) is 70.2 cm³/mol. The third kappa shape index (κ3) is 4.75. The van der Waals surface area contributed by atoms with Gasteiger partial charge in [0, 0.05) is 33.7 Å². The second-order valence-electron chi connectivity index (χ2n) is 4.68. The van der Waals surface area contributed by atoms with Crippen LogP contribution in [0.3, 0.4) is 0 Å². The van der Waals surface area contributed by atoms with E-state index in [4.69, 9.17) is 4.74 Å². The number of nitrogens with zero attached hydrogens (tertiary/aromatic N) is 1. The van der Waals surface area contributed by atoms with Crippen LogP contribution in [0.5, 0.6) is 5.75 Å². The number of carbonyl (C=O) groups is 1. The van der Waals surface area contributed by atoms with Crippen LogP contribution in [0.1, 0.15) is 18.9 Å². The Labute approximate surface area is 108 Å². The molecule has 0 aliphatic carbocycles. The molecule has 0 saturated heterocycles. The molecule has 0 aromatic heterocycles. The van der Waals surface area contributed by atoms with Gasteiger partial charge in [-0.2, -0.15) is 0 Å². The minimum Gasteiger partial charge on any atom is -0.508 e. The third-order valence-electron chi connectivity index (χ3n) is 2.76. The van der Waals surface area contributed by atoms with Crippen molar-refractivity contribution in [1.82, 2.24) is 4.90 Å². The first-order valence-electron chi connectivity index (χ1n) is 6.03. The van der Waals surface area contributed by atoms with Gasteiger partial charge in [-0.1, -0.05) is 19.1 Å². The number of ether oxygens (including phenoxy) is 1. The number of carbonyl (C=O) groups excluding carboxylic acids is 1. The molecule has 1 rings (SSSR count). The van der Waals surface area contributed by atoms with E-state index in [-0.39, 0.29) is 17.6 Å². The molecule has 100 valence electrons. The second-order valence-corrected chi connectivity index (χ2v) is 4.68. The summed E-state index contributed by atoms with van der Waals surface area (Å²) in [5.41, 5.74) is 1.00. The van der Waals surface area contributed by atoms with Crippen molar-refractivity contribution in [3.8, 4) is 5.75 Å². The van der Waals surface area contributed by atoms with Gasteiger partial charge in [-0.15, -0.1) is 0 Å². The maximum Gasteiger partial charge on any atom is 0.222 e. The topological polar surface area (TPSA) is 49.8 Å². The van der Waals surface area contributed by atoms with E-state index in [9.17, 15) is 9.90 Å². The van der Waals surface area contributed by atoms with Gasteiger partial charge in [-0.05, 0) is 23.6 Å². The molecule has 0 fully saturated rings. The Balaban J connectivity index is 2.46. The van der Waals surface area contributed by atoms with Crippen LogP contribution in [-0.2, 0) is 16.1 Å². The normalized spacial score (nSPS) is 12.2. The Kier molecular flexibility index (Phi) is 5.65. The minimum atomic E-state index is 0.104. The fraction of sp³-hybridized carbons (Fsp3) is 0.500. The molecule has 0 spiro atoms. The van der Waals surface area contributed by atoms with Gasteiger partial charge in [0.2, 0.25) is 5.91 Å². The lowest BCUT2D eigenvalue weighted by molar-refractivity contribution is -0.131. The summed E-state index contributed by atoms with van der Waals surface area (Å²) in [5.74, 6) is 0.568. The maximum atomic E-state index is 11.9. The van der Waals surface area contributed by atoms with Crippen molar-refractivity contribution in [2.75, 3.05) is 20.8 Å². The molecule has 1 amide bonds. The highest BCUT2D eigenvalue weighted by Gasteiger charge is 2.13. The number of benzene rings is 1. The van der Waals surface area contributed by atoms with Crippen LogP contribution in [-0.4, -0.2) is 36.7 Å². The molecule has 1 aromatic carbocycles. The lowest BCUT2D eigenvalue weighted by Gasteiger charge is -2.19. The highest BCUT2D eigenvalue weighted by Crippen LogP contribution is 2.12. The average molecular weight is 251 g/mol. The van der Waals surface area contributed by atoms with Crippen LogP contribution in [0, 0.1) is 5.92 Å². The molecule has 4 heteroatoms. The summed E-state index contributed by atoms with van der Waals surface area (Å²) in [4.78, 5) is 13.6. The van der Waals surface area contributed by atoms with Crippen LogP contribution >= 0.6 is 0 Å². The molecule has 1 atom stereocenters. The van der Waals surface area contributed by atoms with Gasteiger partial charge in [0.15, 0.2) is 0 Å². The fourth-order valence-electron chi connectivity index (χ4n) is 1.76. The number of rotatable bonds is 6. The van der Waals surface area contributed by atoms with E-state index < -0.39 is 0 Å². The molecule has 0 aliphatic rings. The molecule has 18 heavy (non-hydrogen) atoms. The van der Waals surface area contributed by atoms with Crippen molar-refractivity contribution < 1.29 is 14.6 Å². The molecule has 4 nitrogen and oxygen atoms in total. The summed E-state index contributed by atoms with van der Waals surface area (Å²) in [7, 11) is 3.43. The number of phenols is 1. The molecule has 0 radical (unpaired) electrons. The predicted octanol–water partition coefficient (Wildman–Crippen LogP) is 2.02. The van der Waals surface area contributed by atoms with Crippen molar-refractivity contribution >= 4 is 5.91 Å². The van der Waals surface area contributed by atoms with Crippen molar-refractivity contribution in [3.63, 3.8) is 0 Å². The van der Waals surface area contributed by atoms with Crippen LogP contribution in [0.2, 0.25) is 0 Å². The smallest absolute Gasteiger partial charge is 0.222 e. The first-order chi connectivity index (χ1) is 8.52. The van der Waals surface area contributed by atoms with E-state index in [1.165, 1.54) is 0 Å². The van der Waals surface area contributed by atoms with Crippen molar-refractivity contribution in [1.29, 1.82) is 0 Å². The Hall–Kier alpha value is -1.55. The van der Waals surface area contributed by atoms with Gasteiger partial charge in [-0.3, -0.25) is 4.79 Å². The molecule has 1 unspecified atom stereocenters. The molecule has 0 bridgehead atoms.